The standard InChI is InChI=1S/C27H32N6O2/c1-4-5-11-22-30-23-24(27(35-18(2)3)32-31-25(23)28)33(22)17-20-14-12-19(13-15-20)16-29-26(34)21-9-7-6-8-10-21/h6-10,12-15,18H,4-5,11,16-17H2,1-3H3,(H2,28,31)(H,29,34). The van der Waals surface area contributed by atoms with E-state index >= 15 is 0 Å². The van der Waals surface area contributed by atoms with E-state index in [0.717, 1.165) is 41.7 Å². The number of nitrogens with one attached hydrogen (secondary N) is 1. The fourth-order valence-corrected chi connectivity index (χ4v) is 3.91. The summed E-state index contributed by atoms with van der Waals surface area (Å²) >= 11 is 0. The van der Waals surface area contributed by atoms with E-state index in [1.807, 2.05) is 44.2 Å². The predicted molar refractivity (Wildman–Crippen MR) is 137 cm³/mol. The zero-order valence-electron chi connectivity index (χ0n) is 20.5. The Hall–Kier alpha value is -3.94. The topological polar surface area (TPSA) is 108 Å². The Balaban J connectivity index is 1.57. The highest BCUT2D eigenvalue weighted by molar-refractivity contribution is 5.94. The van der Waals surface area contributed by atoms with E-state index in [1.165, 1.54) is 0 Å². The highest BCUT2D eigenvalue weighted by Gasteiger charge is 2.20. The average molecular weight is 473 g/mol. The minimum Gasteiger partial charge on any atom is -0.472 e. The molecule has 8 nitrogen and oxygen atoms in total. The van der Waals surface area contributed by atoms with Crippen LogP contribution in [0.5, 0.6) is 5.88 Å². The number of fused-ring (bicyclic) bond motifs is 1. The lowest BCUT2D eigenvalue weighted by Crippen LogP contribution is -2.22. The average Bonchev–Trinajstić information content (AvgIpc) is 3.23. The zero-order valence-corrected chi connectivity index (χ0v) is 20.5. The molecule has 8 heteroatoms. The summed E-state index contributed by atoms with van der Waals surface area (Å²) in [5.74, 6) is 1.60. The number of nitrogen functional groups attached to an aromatic ring is 1. The second-order valence-electron chi connectivity index (χ2n) is 8.84. The van der Waals surface area contributed by atoms with Gasteiger partial charge in [0.1, 0.15) is 16.9 Å². The molecule has 0 aliphatic carbocycles. The third kappa shape index (κ3) is 5.77. The molecule has 4 aromatic rings. The van der Waals surface area contributed by atoms with Crippen molar-refractivity contribution in [3.63, 3.8) is 0 Å². The molecule has 182 valence electrons. The molecule has 0 radical (unpaired) electrons. The summed E-state index contributed by atoms with van der Waals surface area (Å²) in [4.78, 5) is 17.1. The van der Waals surface area contributed by atoms with Gasteiger partial charge in [0, 0.05) is 25.1 Å². The van der Waals surface area contributed by atoms with Crippen molar-refractivity contribution in [2.45, 2.75) is 59.2 Å². The first-order valence-corrected chi connectivity index (χ1v) is 12.0. The Labute approximate surface area is 205 Å². The van der Waals surface area contributed by atoms with Crippen LogP contribution in [0.2, 0.25) is 0 Å². The van der Waals surface area contributed by atoms with E-state index in [2.05, 4.69) is 39.1 Å². The Morgan fingerprint density at radius 2 is 1.77 bits per heavy atom. The van der Waals surface area contributed by atoms with Gasteiger partial charge in [-0.1, -0.05) is 55.8 Å². The zero-order chi connectivity index (χ0) is 24.8. The van der Waals surface area contributed by atoms with Gasteiger partial charge >= 0.3 is 0 Å². The molecular formula is C27H32N6O2. The smallest absolute Gasteiger partial charge is 0.260 e. The molecule has 0 unspecified atom stereocenters. The van der Waals surface area contributed by atoms with Crippen molar-refractivity contribution in [1.82, 2.24) is 25.1 Å². The number of ether oxygens (including phenoxy) is 1. The van der Waals surface area contributed by atoms with Crippen molar-refractivity contribution < 1.29 is 9.53 Å². The molecule has 0 aliphatic rings. The van der Waals surface area contributed by atoms with Crippen LogP contribution in [-0.2, 0) is 19.5 Å². The molecule has 0 fully saturated rings. The molecule has 2 aromatic carbocycles. The fourth-order valence-electron chi connectivity index (χ4n) is 3.91. The van der Waals surface area contributed by atoms with Crippen LogP contribution in [-0.4, -0.2) is 31.8 Å². The summed E-state index contributed by atoms with van der Waals surface area (Å²) in [5.41, 5.74) is 10.3. The number of hydrogen-bond donors (Lipinski definition) is 2. The number of carbonyl (C=O) groups is 1. The number of unbranched alkanes of at least 4 members (excludes halogenated alkanes) is 1. The molecule has 2 heterocycles. The van der Waals surface area contributed by atoms with Crippen molar-refractivity contribution >= 4 is 22.8 Å². The maximum Gasteiger partial charge on any atom is 0.260 e. The molecule has 0 spiro atoms. The quantitative estimate of drug-likeness (QED) is 0.351. The van der Waals surface area contributed by atoms with Gasteiger partial charge in [-0.2, -0.15) is 0 Å². The van der Waals surface area contributed by atoms with Crippen molar-refractivity contribution in [2.24, 2.45) is 0 Å². The van der Waals surface area contributed by atoms with Gasteiger partial charge in [-0.15, -0.1) is 10.2 Å². The number of nitrogens with zero attached hydrogens (tertiary/aromatic N) is 4. The van der Waals surface area contributed by atoms with E-state index in [1.54, 1.807) is 12.1 Å². The van der Waals surface area contributed by atoms with Gasteiger partial charge in [0.15, 0.2) is 5.82 Å². The van der Waals surface area contributed by atoms with Gasteiger partial charge in [-0.3, -0.25) is 4.79 Å². The lowest BCUT2D eigenvalue weighted by Gasteiger charge is -2.14. The second-order valence-corrected chi connectivity index (χ2v) is 8.84. The molecule has 2 aromatic heterocycles. The first-order valence-electron chi connectivity index (χ1n) is 12.0. The number of amides is 1. The maximum atomic E-state index is 12.3. The van der Waals surface area contributed by atoms with E-state index < -0.39 is 0 Å². The summed E-state index contributed by atoms with van der Waals surface area (Å²) < 4.78 is 8.10. The Morgan fingerprint density at radius 3 is 2.46 bits per heavy atom. The summed E-state index contributed by atoms with van der Waals surface area (Å²) in [6, 6.07) is 17.4. The number of aryl methyl sites for hydroxylation is 1. The number of hydrogen-bond acceptors (Lipinski definition) is 6. The summed E-state index contributed by atoms with van der Waals surface area (Å²) in [7, 11) is 0. The Kier molecular flexibility index (Phi) is 7.60. The molecular weight excluding hydrogens is 440 g/mol. The molecule has 0 saturated carbocycles. The number of imidazole rings is 1. The van der Waals surface area contributed by atoms with Crippen LogP contribution in [0, 0.1) is 0 Å². The van der Waals surface area contributed by atoms with Crippen LogP contribution in [0.1, 0.15) is 60.9 Å². The van der Waals surface area contributed by atoms with Gasteiger partial charge in [0.2, 0.25) is 0 Å². The number of rotatable bonds is 10. The largest absolute Gasteiger partial charge is 0.472 e. The third-order valence-electron chi connectivity index (χ3n) is 5.69. The van der Waals surface area contributed by atoms with Crippen LogP contribution >= 0.6 is 0 Å². The molecule has 1 amide bonds. The van der Waals surface area contributed by atoms with Gasteiger partial charge in [0.25, 0.3) is 11.8 Å². The Bertz CT molecular complexity index is 1280. The molecule has 0 aliphatic heterocycles. The van der Waals surface area contributed by atoms with Crippen LogP contribution in [0.3, 0.4) is 0 Å². The first-order chi connectivity index (χ1) is 17.0. The molecule has 3 N–H and O–H groups in total. The summed E-state index contributed by atoms with van der Waals surface area (Å²) in [5, 5.41) is 11.3. The normalized spacial score (nSPS) is 11.2. The molecule has 4 rings (SSSR count). The van der Waals surface area contributed by atoms with Gasteiger partial charge in [0.05, 0.1) is 6.10 Å². The van der Waals surface area contributed by atoms with Crippen LogP contribution < -0.4 is 15.8 Å². The summed E-state index contributed by atoms with van der Waals surface area (Å²) in [6.45, 7) is 7.14. The number of anilines is 1. The van der Waals surface area contributed by atoms with Gasteiger partial charge < -0.3 is 20.4 Å². The van der Waals surface area contributed by atoms with Gasteiger partial charge in [-0.25, -0.2) is 4.98 Å². The van der Waals surface area contributed by atoms with Crippen molar-refractivity contribution in [1.29, 1.82) is 0 Å². The third-order valence-corrected chi connectivity index (χ3v) is 5.69. The number of carbonyl (C=O) groups excluding carboxylic acids is 1. The monoisotopic (exact) mass is 472 g/mol. The second kappa shape index (κ2) is 11.0. The lowest BCUT2D eigenvalue weighted by molar-refractivity contribution is 0.0951. The number of nitrogens with two attached hydrogens (primary N) is 1. The van der Waals surface area contributed by atoms with Crippen molar-refractivity contribution in [3.05, 3.63) is 77.1 Å². The highest BCUT2D eigenvalue weighted by Crippen LogP contribution is 2.29. The maximum absolute atomic E-state index is 12.3. The van der Waals surface area contributed by atoms with E-state index in [0.29, 0.717) is 35.9 Å². The van der Waals surface area contributed by atoms with Crippen LogP contribution in [0.4, 0.5) is 5.82 Å². The molecule has 0 atom stereocenters. The van der Waals surface area contributed by atoms with E-state index in [-0.39, 0.29) is 12.0 Å². The van der Waals surface area contributed by atoms with Crippen molar-refractivity contribution in [3.8, 4) is 5.88 Å². The minimum absolute atomic E-state index is 0.0519. The van der Waals surface area contributed by atoms with Crippen LogP contribution in [0.25, 0.3) is 11.0 Å². The molecule has 0 bridgehead atoms. The lowest BCUT2D eigenvalue weighted by atomic mass is 10.1. The highest BCUT2D eigenvalue weighted by atomic mass is 16.5. The van der Waals surface area contributed by atoms with E-state index in [4.69, 9.17) is 15.5 Å². The van der Waals surface area contributed by atoms with Crippen molar-refractivity contribution in [2.75, 3.05) is 5.73 Å². The van der Waals surface area contributed by atoms with E-state index in [9.17, 15) is 4.79 Å². The SMILES string of the molecule is CCCCc1nc2c(N)nnc(OC(C)C)c2n1Cc1ccc(CNC(=O)c2ccccc2)cc1. The van der Waals surface area contributed by atoms with Crippen LogP contribution in [0.15, 0.2) is 54.6 Å². The summed E-state index contributed by atoms with van der Waals surface area (Å²) in [6.07, 6.45) is 2.86. The fraction of sp³-hybridized carbons (Fsp3) is 0.333. The number of benzene rings is 2. The predicted octanol–water partition coefficient (Wildman–Crippen LogP) is 4.52. The molecule has 35 heavy (non-hydrogen) atoms. The Morgan fingerprint density at radius 1 is 1.06 bits per heavy atom. The molecule has 0 saturated heterocycles. The first kappa shape index (κ1) is 24.2. The minimum atomic E-state index is -0.0866. The van der Waals surface area contributed by atoms with Gasteiger partial charge in [-0.05, 0) is 43.5 Å². The number of aromatic nitrogens is 4.